The molecule has 2 aromatic heterocycles. The minimum atomic E-state index is -0.474. The molecule has 0 aliphatic heterocycles. The average Bonchev–Trinajstić information content (AvgIpc) is 2.86. The second kappa shape index (κ2) is 4.22. The van der Waals surface area contributed by atoms with Crippen molar-refractivity contribution in [3.05, 3.63) is 30.0 Å². The van der Waals surface area contributed by atoms with Crippen LogP contribution in [0.25, 0.3) is 11.5 Å². The first-order valence-corrected chi connectivity index (χ1v) is 4.89. The maximum Gasteiger partial charge on any atom is 0.360 e. The van der Waals surface area contributed by atoms with E-state index in [4.69, 9.17) is 13.6 Å². The summed E-state index contributed by atoms with van der Waals surface area (Å²) in [6.07, 6.45) is 3.01. The molecule has 0 aromatic carbocycles. The third-order valence-corrected chi connectivity index (χ3v) is 2.03. The normalized spacial score (nSPS) is 10.4. The first-order chi connectivity index (χ1) is 7.72. The van der Waals surface area contributed by atoms with Crippen LogP contribution in [-0.4, -0.2) is 17.6 Å². The smallest absolute Gasteiger partial charge is 0.360 e. The number of esters is 1. The Morgan fingerprint density at radius 1 is 1.56 bits per heavy atom. The minimum absolute atomic E-state index is 0.207. The van der Waals surface area contributed by atoms with E-state index in [1.54, 1.807) is 19.9 Å². The Kier molecular flexibility index (Phi) is 2.76. The Bertz CT molecular complexity index is 484. The Morgan fingerprint density at radius 3 is 3.00 bits per heavy atom. The Hall–Kier alpha value is -2.04. The van der Waals surface area contributed by atoms with Gasteiger partial charge in [-0.1, -0.05) is 0 Å². The third kappa shape index (κ3) is 1.84. The maximum atomic E-state index is 11.5. The number of furan rings is 1. The molecule has 0 saturated carbocycles. The van der Waals surface area contributed by atoms with Crippen molar-refractivity contribution >= 4 is 5.97 Å². The van der Waals surface area contributed by atoms with Crippen LogP contribution in [0.3, 0.4) is 0 Å². The van der Waals surface area contributed by atoms with E-state index in [0.717, 1.165) is 0 Å². The Balaban J connectivity index is 2.32. The first kappa shape index (κ1) is 10.5. The van der Waals surface area contributed by atoms with Gasteiger partial charge in [0.05, 0.1) is 18.4 Å². The van der Waals surface area contributed by atoms with Crippen LogP contribution in [0, 0.1) is 6.92 Å². The molecule has 0 amide bonds. The number of rotatable bonds is 3. The van der Waals surface area contributed by atoms with E-state index < -0.39 is 5.97 Å². The zero-order valence-electron chi connectivity index (χ0n) is 9.02. The molecule has 0 spiro atoms. The molecule has 0 N–H and O–H groups in total. The van der Waals surface area contributed by atoms with Crippen molar-refractivity contribution in [1.82, 2.24) is 4.98 Å². The van der Waals surface area contributed by atoms with Crippen LogP contribution in [0.4, 0.5) is 0 Å². The van der Waals surface area contributed by atoms with E-state index >= 15 is 0 Å². The van der Waals surface area contributed by atoms with E-state index in [1.165, 1.54) is 12.5 Å². The highest BCUT2D eigenvalue weighted by Gasteiger charge is 2.19. The third-order valence-electron chi connectivity index (χ3n) is 2.03. The Labute approximate surface area is 92.0 Å². The molecular formula is C11H11NO4. The van der Waals surface area contributed by atoms with E-state index in [-0.39, 0.29) is 5.69 Å². The van der Waals surface area contributed by atoms with Gasteiger partial charge in [0.2, 0.25) is 5.89 Å². The lowest BCUT2D eigenvalue weighted by molar-refractivity contribution is 0.0518. The average molecular weight is 221 g/mol. The van der Waals surface area contributed by atoms with Gasteiger partial charge in [0.15, 0.2) is 5.69 Å². The lowest BCUT2D eigenvalue weighted by Gasteiger charge is -1.96. The van der Waals surface area contributed by atoms with Crippen molar-refractivity contribution in [2.24, 2.45) is 0 Å². The largest absolute Gasteiger partial charge is 0.472 e. The standard InChI is InChI=1S/C11H11NO4/c1-3-15-11(13)9-7(2)16-10(12-9)8-4-5-14-6-8/h4-6H,3H2,1-2H3. The fraction of sp³-hybridized carbons (Fsp3) is 0.273. The molecule has 2 heterocycles. The van der Waals surface area contributed by atoms with Gasteiger partial charge in [-0.15, -0.1) is 0 Å². The van der Waals surface area contributed by atoms with E-state index in [0.29, 0.717) is 23.8 Å². The summed E-state index contributed by atoms with van der Waals surface area (Å²) in [6.45, 7) is 3.72. The van der Waals surface area contributed by atoms with Gasteiger partial charge in [-0.05, 0) is 19.9 Å². The summed E-state index contributed by atoms with van der Waals surface area (Å²) in [5.41, 5.74) is 0.900. The molecule has 0 fully saturated rings. The SMILES string of the molecule is CCOC(=O)c1nc(-c2ccoc2)oc1C. The van der Waals surface area contributed by atoms with Crippen LogP contribution in [0.2, 0.25) is 0 Å². The number of hydrogen-bond acceptors (Lipinski definition) is 5. The summed E-state index contributed by atoms with van der Waals surface area (Å²) in [4.78, 5) is 15.5. The quantitative estimate of drug-likeness (QED) is 0.744. The van der Waals surface area contributed by atoms with Gasteiger partial charge in [-0.3, -0.25) is 0 Å². The molecule has 16 heavy (non-hydrogen) atoms. The summed E-state index contributed by atoms with van der Waals surface area (Å²) in [6, 6.07) is 1.71. The Morgan fingerprint density at radius 2 is 2.38 bits per heavy atom. The van der Waals surface area contributed by atoms with Crippen molar-refractivity contribution in [1.29, 1.82) is 0 Å². The summed E-state index contributed by atoms with van der Waals surface area (Å²) < 4.78 is 15.1. The summed E-state index contributed by atoms with van der Waals surface area (Å²) in [7, 11) is 0. The highest BCUT2D eigenvalue weighted by Crippen LogP contribution is 2.22. The van der Waals surface area contributed by atoms with Gasteiger partial charge in [0.25, 0.3) is 0 Å². The number of aromatic nitrogens is 1. The van der Waals surface area contributed by atoms with Crippen molar-refractivity contribution in [3.63, 3.8) is 0 Å². The highest BCUT2D eigenvalue weighted by molar-refractivity contribution is 5.88. The second-order valence-electron chi connectivity index (χ2n) is 3.16. The lowest BCUT2D eigenvalue weighted by atomic mass is 10.3. The number of ether oxygens (including phenoxy) is 1. The lowest BCUT2D eigenvalue weighted by Crippen LogP contribution is -2.06. The molecule has 5 nitrogen and oxygen atoms in total. The van der Waals surface area contributed by atoms with Crippen LogP contribution < -0.4 is 0 Å². The van der Waals surface area contributed by atoms with E-state index in [9.17, 15) is 4.79 Å². The van der Waals surface area contributed by atoms with Crippen LogP contribution in [0.15, 0.2) is 27.4 Å². The number of oxazole rings is 1. The van der Waals surface area contributed by atoms with Gasteiger partial charge in [-0.2, -0.15) is 0 Å². The molecule has 0 aliphatic rings. The number of aryl methyl sites for hydroxylation is 1. The molecule has 0 saturated heterocycles. The van der Waals surface area contributed by atoms with Crippen molar-refractivity contribution in [2.45, 2.75) is 13.8 Å². The number of nitrogens with zero attached hydrogens (tertiary/aromatic N) is 1. The van der Waals surface area contributed by atoms with E-state index in [2.05, 4.69) is 4.98 Å². The van der Waals surface area contributed by atoms with Gasteiger partial charge < -0.3 is 13.6 Å². The van der Waals surface area contributed by atoms with Gasteiger partial charge in [-0.25, -0.2) is 9.78 Å². The fourth-order valence-electron chi connectivity index (χ4n) is 1.29. The van der Waals surface area contributed by atoms with Crippen LogP contribution >= 0.6 is 0 Å². The van der Waals surface area contributed by atoms with Crippen molar-refractivity contribution < 1.29 is 18.4 Å². The molecule has 2 rings (SSSR count). The van der Waals surface area contributed by atoms with Crippen LogP contribution in [0.5, 0.6) is 0 Å². The zero-order valence-corrected chi connectivity index (χ0v) is 9.02. The van der Waals surface area contributed by atoms with Crippen molar-refractivity contribution in [2.75, 3.05) is 6.61 Å². The summed E-state index contributed by atoms with van der Waals surface area (Å²) >= 11 is 0. The molecule has 0 unspecified atom stereocenters. The summed E-state index contributed by atoms with van der Waals surface area (Å²) in [5, 5.41) is 0. The van der Waals surface area contributed by atoms with Crippen molar-refractivity contribution in [3.8, 4) is 11.5 Å². The monoisotopic (exact) mass is 221 g/mol. The molecule has 0 bridgehead atoms. The second-order valence-corrected chi connectivity index (χ2v) is 3.16. The topological polar surface area (TPSA) is 65.5 Å². The molecule has 2 aromatic rings. The van der Waals surface area contributed by atoms with Crippen LogP contribution in [-0.2, 0) is 4.74 Å². The fourth-order valence-corrected chi connectivity index (χ4v) is 1.29. The number of hydrogen-bond donors (Lipinski definition) is 0. The predicted molar refractivity (Wildman–Crippen MR) is 54.9 cm³/mol. The van der Waals surface area contributed by atoms with Gasteiger partial charge in [0.1, 0.15) is 12.0 Å². The first-order valence-electron chi connectivity index (χ1n) is 4.89. The molecule has 0 aliphatic carbocycles. The van der Waals surface area contributed by atoms with E-state index in [1.807, 2.05) is 0 Å². The molecular weight excluding hydrogens is 210 g/mol. The zero-order chi connectivity index (χ0) is 11.5. The predicted octanol–water partition coefficient (Wildman–Crippen LogP) is 2.42. The maximum absolute atomic E-state index is 11.5. The molecule has 0 atom stereocenters. The van der Waals surface area contributed by atoms with Gasteiger partial charge in [0, 0.05) is 0 Å². The summed E-state index contributed by atoms with van der Waals surface area (Å²) in [5.74, 6) is 0.322. The molecule has 5 heteroatoms. The number of carbonyl (C=O) groups excluding carboxylic acids is 1. The minimum Gasteiger partial charge on any atom is -0.472 e. The number of carbonyl (C=O) groups is 1. The molecule has 0 radical (unpaired) electrons. The van der Waals surface area contributed by atoms with Crippen LogP contribution in [0.1, 0.15) is 23.2 Å². The molecule has 84 valence electrons. The highest BCUT2D eigenvalue weighted by atomic mass is 16.5. The van der Waals surface area contributed by atoms with Gasteiger partial charge >= 0.3 is 5.97 Å².